The van der Waals surface area contributed by atoms with Gasteiger partial charge in [0, 0.05) is 31.1 Å². The van der Waals surface area contributed by atoms with Gasteiger partial charge in [-0.15, -0.1) is 10.2 Å². The van der Waals surface area contributed by atoms with Crippen LogP contribution in [0.4, 0.5) is 10.9 Å². The van der Waals surface area contributed by atoms with Crippen molar-refractivity contribution in [3.8, 4) is 10.6 Å². The number of nitrogens with zero attached hydrogens (tertiary/aromatic N) is 4. The van der Waals surface area contributed by atoms with Gasteiger partial charge >= 0.3 is 0 Å². The molecule has 2 aliphatic rings. The molecule has 28 heavy (non-hydrogen) atoms. The van der Waals surface area contributed by atoms with Crippen LogP contribution in [-0.4, -0.2) is 34.7 Å². The maximum atomic E-state index is 12.1. The number of hydrogen-bond donors (Lipinski definition) is 1. The van der Waals surface area contributed by atoms with Crippen LogP contribution >= 0.6 is 11.3 Å². The zero-order valence-electron chi connectivity index (χ0n) is 15.5. The third-order valence-electron chi connectivity index (χ3n) is 5.17. The Kier molecular flexibility index (Phi) is 4.16. The monoisotopic (exact) mass is 389 g/mol. The lowest BCUT2D eigenvalue weighted by molar-refractivity contribution is -0.117. The molecule has 7 heteroatoms. The zero-order chi connectivity index (χ0) is 19.1. The molecule has 0 atom stereocenters. The van der Waals surface area contributed by atoms with Crippen LogP contribution < -0.4 is 10.2 Å². The first-order valence-electron chi connectivity index (χ1n) is 9.36. The van der Waals surface area contributed by atoms with E-state index in [4.69, 9.17) is 4.98 Å². The highest BCUT2D eigenvalue weighted by molar-refractivity contribution is 7.18. The van der Waals surface area contributed by atoms with Gasteiger partial charge in [0.15, 0.2) is 0 Å². The Morgan fingerprint density at radius 2 is 2.11 bits per heavy atom. The lowest BCUT2D eigenvalue weighted by atomic mass is 10.0. The molecule has 0 unspecified atom stereocenters. The summed E-state index contributed by atoms with van der Waals surface area (Å²) >= 11 is 1.54. The number of aromatic nitrogens is 3. The Morgan fingerprint density at radius 3 is 2.89 bits per heavy atom. The highest BCUT2D eigenvalue weighted by Crippen LogP contribution is 2.36. The first-order valence-corrected chi connectivity index (χ1v) is 10.2. The SMILES string of the molecule is CNc1nnc(-c2ccc3c(c2)C(c2cccc(N4CCCC4=O)n2)=CC3)s1. The average molecular weight is 389 g/mol. The molecule has 1 aliphatic carbocycles. The Bertz CT molecular complexity index is 1100. The summed E-state index contributed by atoms with van der Waals surface area (Å²) < 4.78 is 0. The maximum absolute atomic E-state index is 12.1. The van der Waals surface area contributed by atoms with Gasteiger partial charge in [-0.3, -0.25) is 9.69 Å². The minimum absolute atomic E-state index is 0.157. The van der Waals surface area contributed by atoms with Gasteiger partial charge in [0.1, 0.15) is 10.8 Å². The topological polar surface area (TPSA) is 71.0 Å². The second-order valence-corrected chi connectivity index (χ2v) is 7.86. The molecule has 1 fully saturated rings. The van der Waals surface area contributed by atoms with Crippen LogP contribution in [0.5, 0.6) is 0 Å². The standard InChI is InChI=1S/C21H19N5OS/c1-22-21-25-24-20(28-21)14-8-7-13-9-10-15(16(13)12-14)17-4-2-5-18(23-17)26-11-3-6-19(26)27/h2,4-5,7-8,10,12H,3,6,9,11H2,1H3,(H,22,25). The van der Waals surface area contributed by atoms with E-state index >= 15 is 0 Å². The zero-order valence-corrected chi connectivity index (χ0v) is 16.3. The number of fused-ring (bicyclic) bond motifs is 1. The van der Waals surface area contributed by atoms with Gasteiger partial charge in [-0.1, -0.05) is 35.6 Å². The second kappa shape index (κ2) is 6.83. The van der Waals surface area contributed by atoms with E-state index in [2.05, 4.69) is 39.8 Å². The number of allylic oxidation sites excluding steroid dienone is 1. The minimum atomic E-state index is 0.157. The number of rotatable bonds is 4. The second-order valence-electron chi connectivity index (χ2n) is 6.89. The predicted octanol–water partition coefficient (Wildman–Crippen LogP) is 3.76. The molecule has 5 rings (SSSR count). The molecule has 0 saturated carbocycles. The Labute approximate surface area is 167 Å². The molecule has 2 aromatic heterocycles. The van der Waals surface area contributed by atoms with Crippen molar-refractivity contribution in [1.82, 2.24) is 15.2 Å². The highest BCUT2D eigenvalue weighted by atomic mass is 32.1. The van der Waals surface area contributed by atoms with Gasteiger partial charge in [0.05, 0.1) is 5.69 Å². The maximum Gasteiger partial charge on any atom is 0.228 e. The van der Waals surface area contributed by atoms with Gasteiger partial charge in [0.2, 0.25) is 11.0 Å². The molecule has 1 saturated heterocycles. The van der Waals surface area contributed by atoms with Gasteiger partial charge in [0.25, 0.3) is 0 Å². The molecule has 0 bridgehead atoms. The molecule has 1 N–H and O–H groups in total. The summed E-state index contributed by atoms with van der Waals surface area (Å²) in [5, 5.41) is 13.1. The summed E-state index contributed by atoms with van der Waals surface area (Å²) in [5.41, 5.74) is 5.53. The Balaban J connectivity index is 1.51. The third kappa shape index (κ3) is 2.88. The lowest BCUT2D eigenvalue weighted by Crippen LogP contribution is -2.24. The van der Waals surface area contributed by atoms with Crippen molar-refractivity contribution in [3.63, 3.8) is 0 Å². The van der Waals surface area contributed by atoms with Crippen LogP contribution in [0.15, 0.2) is 42.5 Å². The third-order valence-corrected chi connectivity index (χ3v) is 6.16. The van der Waals surface area contributed by atoms with Crippen LogP contribution in [0.25, 0.3) is 16.1 Å². The number of anilines is 2. The van der Waals surface area contributed by atoms with Crippen molar-refractivity contribution >= 4 is 33.8 Å². The minimum Gasteiger partial charge on any atom is -0.363 e. The molecule has 3 aromatic rings. The number of pyridine rings is 1. The quantitative estimate of drug-likeness (QED) is 0.736. The van der Waals surface area contributed by atoms with Crippen molar-refractivity contribution < 1.29 is 4.79 Å². The fourth-order valence-electron chi connectivity index (χ4n) is 3.76. The fourth-order valence-corrected chi connectivity index (χ4v) is 4.45. The number of amides is 1. The van der Waals surface area contributed by atoms with E-state index in [0.29, 0.717) is 6.42 Å². The van der Waals surface area contributed by atoms with E-state index in [1.165, 1.54) is 22.5 Å². The molecule has 3 heterocycles. The van der Waals surface area contributed by atoms with Crippen LogP contribution in [0.3, 0.4) is 0 Å². The summed E-state index contributed by atoms with van der Waals surface area (Å²) in [4.78, 5) is 18.7. The van der Waals surface area contributed by atoms with Crippen LogP contribution in [0, 0.1) is 0 Å². The smallest absolute Gasteiger partial charge is 0.228 e. The van der Waals surface area contributed by atoms with Crippen LogP contribution in [-0.2, 0) is 11.2 Å². The molecule has 1 amide bonds. The Morgan fingerprint density at radius 1 is 1.18 bits per heavy atom. The van der Waals surface area contributed by atoms with E-state index < -0.39 is 0 Å². The number of nitrogens with one attached hydrogen (secondary N) is 1. The first kappa shape index (κ1) is 17.1. The summed E-state index contributed by atoms with van der Waals surface area (Å²) in [5.74, 6) is 0.901. The van der Waals surface area contributed by atoms with Crippen LogP contribution in [0.2, 0.25) is 0 Å². The number of benzene rings is 1. The summed E-state index contributed by atoms with van der Waals surface area (Å²) in [6.07, 6.45) is 4.61. The van der Waals surface area contributed by atoms with Gasteiger partial charge < -0.3 is 5.32 Å². The number of carbonyl (C=O) groups excluding carboxylic acids is 1. The first-order chi connectivity index (χ1) is 13.7. The van der Waals surface area contributed by atoms with E-state index in [1.54, 1.807) is 4.90 Å². The Hall–Kier alpha value is -3.06. The lowest BCUT2D eigenvalue weighted by Gasteiger charge is -2.16. The fraction of sp³-hybridized carbons (Fsp3) is 0.238. The van der Waals surface area contributed by atoms with E-state index in [0.717, 1.165) is 52.2 Å². The van der Waals surface area contributed by atoms with Gasteiger partial charge in [-0.25, -0.2) is 4.98 Å². The number of hydrogen-bond acceptors (Lipinski definition) is 6. The normalized spacial score (nSPS) is 15.7. The van der Waals surface area contributed by atoms with Gasteiger partial charge in [-0.2, -0.15) is 0 Å². The van der Waals surface area contributed by atoms with Crippen molar-refractivity contribution in [2.45, 2.75) is 19.3 Å². The number of carbonyl (C=O) groups is 1. The van der Waals surface area contributed by atoms with Crippen molar-refractivity contribution in [2.75, 3.05) is 23.8 Å². The molecular formula is C21H19N5OS. The summed E-state index contributed by atoms with van der Waals surface area (Å²) in [7, 11) is 1.84. The average Bonchev–Trinajstić information content (AvgIpc) is 3.46. The van der Waals surface area contributed by atoms with E-state index in [-0.39, 0.29) is 5.91 Å². The molecule has 140 valence electrons. The molecular weight excluding hydrogens is 370 g/mol. The molecule has 0 radical (unpaired) electrons. The predicted molar refractivity (Wildman–Crippen MR) is 111 cm³/mol. The van der Waals surface area contributed by atoms with Crippen molar-refractivity contribution in [3.05, 3.63) is 59.3 Å². The van der Waals surface area contributed by atoms with E-state index in [1.807, 2.05) is 25.2 Å². The molecule has 1 aliphatic heterocycles. The molecule has 6 nitrogen and oxygen atoms in total. The largest absolute Gasteiger partial charge is 0.363 e. The highest BCUT2D eigenvalue weighted by Gasteiger charge is 2.24. The van der Waals surface area contributed by atoms with Crippen molar-refractivity contribution in [2.24, 2.45) is 0 Å². The van der Waals surface area contributed by atoms with E-state index in [9.17, 15) is 4.79 Å². The molecule has 1 aromatic carbocycles. The summed E-state index contributed by atoms with van der Waals surface area (Å²) in [6.45, 7) is 0.750. The molecule has 0 spiro atoms. The van der Waals surface area contributed by atoms with Crippen LogP contribution in [0.1, 0.15) is 29.7 Å². The summed E-state index contributed by atoms with van der Waals surface area (Å²) in [6, 6.07) is 12.3. The van der Waals surface area contributed by atoms with Crippen molar-refractivity contribution in [1.29, 1.82) is 0 Å². The van der Waals surface area contributed by atoms with Gasteiger partial charge in [-0.05, 0) is 42.2 Å².